The van der Waals surface area contributed by atoms with E-state index >= 15 is 0 Å². The third kappa shape index (κ3) is 4.60. The van der Waals surface area contributed by atoms with Crippen LogP contribution in [0.2, 0.25) is 0 Å². The minimum Gasteiger partial charge on any atom is -0.336 e. The van der Waals surface area contributed by atoms with E-state index in [0.717, 1.165) is 27.9 Å². The van der Waals surface area contributed by atoms with E-state index in [1.54, 1.807) is 0 Å². The van der Waals surface area contributed by atoms with Crippen molar-refractivity contribution in [1.82, 2.24) is 9.80 Å². The first kappa shape index (κ1) is 20.1. The van der Waals surface area contributed by atoms with Crippen molar-refractivity contribution >= 4 is 17.5 Å². The summed E-state index contributed by atoms with van der Waals surface area (Å²) in [6, 6.07) is 11.8. The fraction of sp³-hybridized carbons (Fsp3) is 0.391. The zero-order chi connectivity index (χ0) is 20.3. The van der Waals surface area contributed by atoms with Crippen molar-refractivity contribution in [1.29, 1.82) is 0 Å². The fourth-order valence-electron chi connectivity index (χ4n) is 3.45. The maximum Gasteiger partial charge on any atom is 0.253 e. The molecule has 1 saturated heterocycles. The Bertz CT molecular complexity index is 883. The van der Waals surface area contributed by atoms with Gasteiger partial charge in [-0.05, 0) is 68.1 Å². The SMILES string of the molecule is Cc1ccc(C(=O)N2CCN(CC(=O)Nc3cccc(C)c3C)CC2)cc1C. The molecular weight excluding hydrogens is 350 g/mol. The lowest BCUT2D eigenvalue weighted by Crippen LogP contribution is -2.50. The summed E-state index contributed by atoms with van der Waals surface area (Å²) in [6.07, 6.45) is 0. The van der Waals surface area contributed by atoms with Crippen molar-refractivity contribution in [3.63, 3.8) is 0 Å². The van der Waals surface area contributed by atoms with E-state index in [2.05, 4.69) is 10.2 Å². The van der Waals surface area contributed by atoms with E-state index in [-0.39, 0.29) is 11.8 Å². The van der Waals surface area contributed by atoms with E-state index < -0.39 is 0 Å². The van der Waals surface area contributed by atoms with Crippen LogP contribution < -0.4 is 5.32 Å². The second-order valence-electron chi connectivity index (χ2n) is 7.66. The van der Waals surface area contributed by atoms with Gasteiger partial charge in [-0.25, -0.2) is 0 Å². The van der Waals surface area contributed by atoms with Gasteiger partial charge in [-0.2, -0.15) is 0 Å². The lowest BCUT2D eigenvalue weighted by atomic mass is 10.1. The van der Waals surface area contributed by atoms with Crippen LogP contribution in [0.4, 0.5) is 5.69 Å². The van der Waals surface area contributed by atoms with Gasteiger partial charge in [-0.3, -0.25) is 14.5 Å². The molecule has 2 amide bonds. The van der Waals surface area contributed by atoms with E-state index in [0.29, 0.717) is 32.7 Å². The average molecular weight is 380 g/mol. The van der Waals surface area contributed by atoms with Gasteiger partial charge in [-0.15, -0.1) is 0 Å². The van der Waals surface area contributed by atoms with Crippen molar-refractivity contribution in [2.75, 3.05) is 38.0 Å². The molecule has 3 rings (SSSR count). The normalized spacial score (nSPS) is 14.8. The van der Waals surface area contributed by atoms with E-state index in [1.807, 2.05) is 69.0 Å². The molecule has 0 atom stereocenters. The van der Waals surface area contributed by atoms with E-state index in [4.69, 9.17) is 0 Å². The zero-order valence-corrected chi connectivity index (χ0v) is 17.2. The van der Waals surface area contributed by atoms with E-state index in [1.165, 1.54) is 5.56 Å². The average Bonchev–Trinajstić information content (AvgIpc) is 2.67. The molecule has 0 unspecified atom stereocenters. The van der Waals surface area contributed by atoms with Gasteiger partial charge in [0.25, 0.3) is 5.91 Å². The van der Waals surface area contributed by atoms with Crippen molar-refractivity contribution in [3.8, 4) is 0 Å². The van der Waals surface area contributed by atoms with Gasteiger partial charge in [0.05, 0.1) is 6.54 Å². The summed E-state index contributed by atoms with van der Waals surface area (Å²) in [5.41, 5.74) is 6.19. The number of aryl methyl sites for hydroxylation is 3. The van der Waals surface area contributed by atoms with Crippen LogP contribution in [0.15, 0.2) is 36.4 Å². The number of amides is 2. The number of carbonyl (C=O) groups excluding carboxylic acids is 2. The number of anilines is 1. The van der Waals surface area contributed by atoms with Crippen molar-refractivity contribution < 1.29 is 9.59 Å². The monoisotopic (exact) mass is 379 g/mol. The van der Waals surface area contributed by atoms with Crippen LogP contribution in [-0.4, -0.2) is 54.3 Å². The Kier molecular flexibility index (Phi) is 6.15. The van der Waals surface area contributed by atoms with Crippen molar-refractivity contribution in [2.24, 2.45) is 0 Å². The Morgan fingerprint density at radius 1 is 0.893 bits per heavy atom. The third-order valence-electron chi connectivity index (χ3n) is 5.66. The zero-order valence-electron chi connectivity index (χ0n) is 17.2. The summed E-state index contributed by atoms with van der Waals surface area (Å²) in [6.45, 7) is 11.2. The van der Waals surface area contributed by atoms with Crippen LogP contribution in [-0.2, 0) is 4.79 Å². The maximum absolute atomic E-state index is 12.7. The lowest BCUT2D eigenvalue weighted by Gasteiger charge is -2.34. The molecule has 28 heavy (non-hydrogen) atoms. The minimum atomic E-state index is -0.0114. The van der Waals surface area contributed by atoms with Crippen molar-refractivity contribution in [2.45, 2.75) is 27.7 Å². The number of hydrogen-bond donors (Lipinski definition) is 1. The fourth-order valence-corrected chi connectivity index (χ4v) is 3.45. The van der Waals surface area contributed by atoms with Gasteiger partial charge in [0, 0.05) is 37.4 Å². The Morgan fingerprint density at radius 3 is 2.29 bits per heavy atom. The highest BCUT2D eigenvalue weighted by molar-refractivity contribution is 5.95. The molecule has 0 aliphatic carbocycles. The number of piperazine rings is 1. The third-order valence-corrected chi connectivity index (χ3v) is 5.66. The predicted molar refractivity (Wildman–Crippen MR) is 113 cm³/mol. The van der Waals surface area contributed by atoms with Crippen LogP contribution in [0, 0.1) is 27.7 Å². The molecule has 0 bridgehead atoms. The Hall–Kier alpha value is -2.66. The topological polar surface area (TPSA) is 52.7 Å². The molecular formula is C23H29N3O2. The Morgan fingerprint density at radius 2 is 1.61 bits per heavy atom. The van der Waals surface area contributed by atoms with Gasteiger partial charge in [-0.1, -0.05) is 18.2 Å². The first-order valence-corrected chi connectivity index (χ1v) is 9.80. The molecule has 5 heteroatoms. The molecule has 1 fully saturated rings. The van der Waals surface area contributed by atoms with E-state index in [9.17, 15) is 9.59 Å². The first-order chi connectivity index (χ1) is 13.3. The molecule has 5 nitrogen and oxygen atoms in total. The minimum absolute atomic E-state index is 0.0114. The number of benzene rings is 2. The molecule has 2 aromatic rings. The molecule has 2 aromatic carbocycles. The Balaban J connectivity index is 1.52. The first-order valence-electron chi connectivity index (χ1n) is 9.80. The number of nitrogens with zero attached hydrogens (tertiary/aromatic N) is 2. The highest BCUT2D eigenvalue weighted by Crippen LogP contribution is 2.18. The molecule has 0 radical (unpaired) electrons. The summed E-state index contributed by atoms with van der Waals surface area (Å²) in [4.78, 5) is 29.1. The van der Waals surface area contributed by atoms with Crippen LogP contribution >= 0.6 is 0 Å². The molecule has 1 N–H and O–H groups in total. The van der Waals surface area contributed by atoms with Crippen molar-refractivity contribution in [3.05, 3.63) is 64.2 Å². The van der Waals surface area contributed by atoms with Crippen LogP contribution in [0.25, 0.3) is 0 Å². The maximum atomic E-state index is 12.7. The summed E-state index contributed by atoms with van der Waals surface area (Å²) in [5, 5.41) is 3.01. The quantitative estimate of drug-likeness (QED) is 0.887. The van der Waals surface area contributed by atoms with Gasteiger partial charge in [0.15, 0.2) is 0 Å². The van der Waals surface area contributed by atoms with Gasteiger partial charge in [0.2, 0.25) is 5.91 Å². The summed E-state index contributed by atoms with van der Waals surface area (Å²) in [5.74, 6) is 0.0604. The molecule has 1 heterocycles. The molecule has 1 aliphatic rings. The Labute approximate surface area is 167 Å². The predicted octanol–water partition coefficient (Wildman–Crippen LogP) is 3.32. The molecule has 0 aromatic heterocycles. The number of nitrogens with one attached hydrogen (secondary N) is 1. The smallest absolute Gasteiger partial charge is 0.253 e. The van der Waals surface area contributed by atoms with Gasteiger partial charge >= 0.3 is 0 Å². The number of hydrogen-bond acceptors (Lipinski definition) is 3. The lowest BCUT2D eigenvalue weighted by molar-refractivity contribution is -0.117. The van der Waals surface area contributed by atoms with Crippen LogP contribution in [0.3, 0.4) is 0 Å². The highest BCUT2D eigenvalue weighted by atomic mass is 16.2. The largest absolute Gasteiger partial charge is 0.336 e. The van der Waals surface area contributed by atoms with Gasteiger partial charge < -0.3 is 10.2 Å². The standard InChI is InChI=1S/C23H29N3O2/c1-16-8-9-20(14-18(16)3)23(28)26-12-10-25(11-13-26)15-22(27)24-21-7-5-6-17(2)19(21)4/h5-9,14H,10-13,15H2,1-4H3,(H,24,27). The van der Waals surface area contributed by atoms with Crippen LogP contribution in [0.5, 0.6) is 0 Å². The highest BCUT2D eigenvalue weighted by Gasteiger charge is 2.23. The molecule has 148 valence electrons. The molecule has 1 aliphatic heterocycles. The molecule has 0 spiro atoms. The second-order valence-corrected chi connectivity index (χ2v) is 7.66. The van der Waals surface area contributed by atoms with Crippen LogP contribution in [0.1, 0.15) is 32.6 Å². The summed E-state index contributed by atoms with van der Waals surface area (Å²) in [7, 11) is 0. The number of carbonyl (C=O) groups is 2. The number of rotatable bonds is 4. The summed E-state index contributed by atoms with van der Waals surface area (Å²) < 4.78 is 0. The second kappa shape index (κ2) is 8.57. The van der Waals surface area contributed by atoms with Gasteiger partial charge in [0.1, 0.15) is 0 Å². The molecule has 0 saturated carbocycles. The summed E-state index contributed by atoms with van der Waals surface area (Å²) >= 11 is 0.